The van der Waals surface area contributed by atoms with E-state index in [0.29, 0.717) is 18.8 Å². The number of carbonyl (C=O) groups excluding carboxylic acids is 1. The number of aromatic nitrogens is 3. The van der Waals surface area contributed by atoms with Crippen LogP contribution in [-0.2, 0) is 20.1 Å². The van der Waals surface area contributed by atoms with Gasteiger partial charge in [-0.2, -0.15) is 5.10 Å². The van der Waals surface area contributed by atoms with Crippen LogP contribution >= 0.6 is 0 Å². The van der Waals surface area contributed by atoms with Crippen LogP contribution in [-0.4, -0.2) is 27.6 Å². The molecule has 2 N–H and O–H groups in total. The number of nitrogens with zero attached hydrogens (tertiary/aromatic N) is 3. The molecule has 0 saturated heterocycles. The quantitative estimate of drug-likeness (QED) is 0.723. The summed E-state index contributed by atoms with van der Waals surface area (Å²) in [6.45, 7) is 0.993. The van der Waals surface area contributed by atoms with Crippen molar-refractivity contribution in [3.63, 3.8) is 0 Å². The number of rotatable bonds is 5. The van der Waals surface area contributed by atoms with E-state index < -0.39 is 0 Å². The minimum absolute atomic E-state index is 0.233. The Hall–Kier alpha value is -3.55. The van der Waals surface area contributed by atoms with E-state index in [-0.39, 0.29) is 12.8 Å². The molecule has 1 aliphatic heterocycles. The zero-order valence-corrected chi connectivity index (χ0v) is 14.8. The molecule has 0 atom stereocenters. The van der Waals surface area contributed by atoms with Crippen LogP contribution in [0, 0.1) is 0 Å². The Morgan fingerprint density at radius 3 is 2.89 bits per heavy atom. The van der Waals surface area contributed by atoms with Crippen LogP contribution < -0.4 is 20.1 Å². The van der Waals surface area contributed by atoms with Crippen molar-refractivity contribution in [2.45, 2.75) is 13.1 Å². The van der Waals surface area contributed by atoms with Crippen molar-refractivity contribution in [1.82, 2.24) is 25.4 Å². The molecule has 8 heteroatoms. The van der Waals surface area contributed by atoms with Crippen LogP contribution in [0.4, 0.5) is 4.79 Å². The standard InChI is InChI=1S/C19H19N5O3/c1-24-11-15(10-23-24)18-14(3-2-6-20-18)9-22-19(25)21-8-13-4-5-16-17(7-13)27-12-26-16/h2-7,10-11H,8-9,12H2,1H3,(H2,21,22,25). The summed E-state index contributed by atoms with van der Waals surface area (Å²) in [5.41, 5.74) is 3.58. The van der Waals surface area contributed by atoms with E-state index in [1.807, 2.05) is 43.6 Å². The number of hydrogen-bond donors (Lipinski definition) is 2. The number of pyridine rings is 1. The predicted molar refractivity (Wildman–Crippen MR) is 98.1 cm³/mol. The Labute approximate surface area is 156 Å². The summed E-state index contributed by atoms with van der Waals surface area (Å²) < 4.78 is 12.3. The first-order valence-electron chi connectivity index (χ1n) is 8.52. The van der Waals surface area contributed by atoms with E-state index in [9.17, 15) is 4.79 Å². The highest BCUT2D eigenvalue weighted by Gasteiger charge is 2.14. The van der Waals surface area contributed by atoms with Gasteiger partial charge in [-0.3, -0.25) is 9.67 Å². The van der Waals surface area contributed by atoms with Crippen LogP contribution in [0.25, 0.3) is 11.3 Å². The molecular formula is C19H19N5O3. The van der Waals surface area contributed by atoms with Gasteiger partial charge in [0.1, 0.15) is 0 Å². The van der Waals surface area contributed by atoms with Gasteiger partial charge in [0.25, 0.3) is 0 Å². The van der Waals surface area contributed by atoms with Crippen molar-refractivity contribution in [2.75, 3.05) is 6.79 Å². The molecule has 0 bridgehead atoms. The van der Waals surface area contributed by atoms with Gasteiger partial charge in [-0.15, -0.1) is 0 Å². The van der Waals surface area contributed by atoms with Gasteiger partial charge in [-0.1, -0.05) is 12.1 Å². The number of carbonyl (C=O) groups is 1. The van der Waals surface area contributed by atoms with E-state index >= 15 is 0 Å². The van der Waals surface area contributed by atoms with Gasteiger partial charge < -0.3 is 20.1 Å². The van der Waals surface area contributed by atoms with Gasteiger partial charge in [-0.05, 0) is 29.3 Å². The van der Waals surface area contributed by atoms with Gasteiger partial charge in [0.05, 0.1) is 11.9 Å². The summed E-state index contributed by atoms with van der Waals surface area (Å²) in [6.07, 6.45) is 5.38. The topological polar surface area (TPSA) is 90.3 Å². The SMILES string of the molecule is Cn1cc(-c2ncccc2CNC(=O)NCc2ccc3c(c2)OCO3)cn1. The zero-order valence-electron chi connectivity index (χ0n) is 14.8. The number of amides is 2. The molecule has 1 aliphatic rings. The number of urea groups is 1. The number of aryl methyl sites for hydroxylation is 1. The Morgan fingerprint density at radius 2 is 2.04 bits per heavy atom. The Balaban J connectivity index is 1.35. The fraction of sp³-hybridized carbons (Fsp3) is 0.211. The van der Waals surface area contributed by atoms with Crippen LogP contribution in [0.1, 0.15) is 11.1 Å². The maximum atomic E-state index is 12.2. The number of hydrogen-bond acceptors (Lipinski definition) is 5. The lowest BCUT2D eigenvalue weighted by Gasteiger charge is -2.10. The van der Waals surface area contributed by atoms with E-state index in [1.165, 1.54) is 0 Å². The third-order valence-electron chi connectivity index (χ3n) is 4.20. The van der Waals surface area contributed by atoms with Crippen LogP contribution in [0.2, 0.25) is 0 Å². The molecule has 0 unspecified atom stereocenters. The minimum Gasteiger partial charge on any atom is -0.454 e. The highest BCUT2D eigenvalue weighted by atomic mass is 16.7. The van der Waals surface area contributed by atoms with Gasteiger partial charge in [-0.25, -0.2) is 4.79 Å². The third kappa shape index (κ3) is 3.84. The molecule has 3 aromatic rings. The molecule has 3 heterocycles. The molecule has 4 rings (SSSR count). The fourth-order valence-corrected chi connectivity index (χ4v) is 2.86. The molecule has 0 saturated carbocycles. The monoisotopic (exact) mass is 365 g/mol. The lowest BCUT2D eigenvalue weighted by molar-refractivity contribution is 0.174. The molecule has 0 spiro atoms. The number of ether oxygens (including phenoxy) is 2. The zero-order chi connectivity index (χ0) is 18.6. The first-order chi connectivity index (χ1) is 13.2. The maximum Gasteiger partial charge on any atom is 0.315 e. The summed E-state index contributed by atoms with van der Waals surface area (Å²) in [6, 6.07) is 9.13. The summed E-state index contributed by atoms with van der Waals surface area (Å²) in [5, 5.41) is 9.88. The second-order valence-corrected chi connectivity index (χ2v) is 6.14. The van der Waals surface area contributed by atoms with Crippen molar-refractivity contribution in [3.8, 4) is 22.8 Å². The van der Waals surface area contributed by atoms with Crippen LogP contribution in [0.15, 0.2) is 48.9 Å². The van der Waals surface area contributed by atoms with Crippen molar-refractivity contribution in [3.05, 3.63) is 60.0 Å². The average molecular weight is 365 g/mol. The van der Waals surface area contributed by atoms with E-state index in [2.05, 4.69) is 20.7 Å². The molecule has 0 fully saturated rings. The first-order valence-corrected chi connectivity index (χ1v) is 8.52. The summed E-state index contributed by atoms with van der Waals surface area (Å²) in [7, 11) is 1.86. The van der Waals surface area contributed by atoms with Gasteiger partial charge >= 0.3 is 6.03 Å². The molecule has 2 amide bonds. The van der Waals surface area contributed by atoms with Crippen LogP contribution in [0.5, 0.6) is 11.5 Å². The fourth-order valence-electron chi connectivity index (χ4n) is 2.86. The lowest BCUT2D eigenvalue weighted by atomic mass is 10.1. The molecular weight excluding hydrogens is 346 g/mol. The first kappa shape index (κ1) is 16.9. The van der Waals surface area contributed by atoms with Crippen molar-refractivity contribution >= 4 is 6.03 Å². The van der Waals surface area contributed by atoms with Crippen molar-refractivity contribution < 1.29 is 14.3 Å². The minimum atomic E-state index is -0.256. The highest BCUT2D eigenvalue weighted by molar-refractivity contribution is 5.74. The largest absolute Gasteiger partial charge is 0.454 e. The Kier molecular flexibility index (Phi) is 4.61. The summed E-state index contributed by atoms with van der Waals surface area (Å²) in [4.78, 5) is 16.6. The Morgan fingerprint density at radius 1 is 1.19 bits per heavy atom. The number of benzene rings is 1. The second-order valence-electron chi connectivity index (χ2n) is 6.14. The summed E-state index contributed by atoms with van der Waals surface area (Å²) >= 11 is 0. The van der Waals surface area contributed by atoms with Gasteiger partial charge in [0.15, 0.2) is 11.5 Å². The highest BCUT2D eigenvalue weighted by Crippen LogP contribution is 2.32. The lowest BCUT2D eigenvalue weighted by Crippen LogP contribution is -2.34. The molecule has 8 nitrogen and oxygen atoms in total. The van der Waals surface area contributed by atoms with Crippen LogP contribution in [0.3, 0.4) is 0 Å². The average Bonchev–Trinajstić information content (AvgIpc) is 3.33. The predicted octanol–water partition coefficient (Wildman–Crippen LogP) is 2.21. The van der Waals surface area contributed by atoms with E-state index in [1.54, 1.807) is 17.1 Å². The molecule has 138 valence electrons. The van der Waals surface area contributed by atoms with Gasteiger partial charge in [0.2, 0.25) is 6.79 Å². The summed E-state index contributed by atoms with van der Waals surface area (Å²) in [5.74, 6) is 1.42. The second kappa shape index (κ2) is 7.36. The Bertz CT molecular complexity index is 969. The molecule has 0 radical (unpaired) electrons. The molecule has 27 heavy (non-hydrogen) atoms. The van der Waals surface area contributed by atoms with Gasteiger partial charge in [0, 0.05) is 38.1 Å². The van der Waals surface area contributed by atoms with E-state index in [0.717, 1.165) is 28.1 Å². The molecule has 1 aromatic carbocycles. The van der Waals surface area contributed by atoms with Crippen molar-refractivity contribution in [2.24, 2.45) is 7.05 Å². The normalized spacial score (nSPS) is 12.0. The van der Waals surface area contributed by atoms with Crippen molar-refractivity contribution in [1.29, 1.82) is 0 Å². The maximum absolute atomic E-state index is 12.2. The number of nitrogens with one attached hydrogen (secondary N) is 2. The third-order valence-corrected chi connectivity index (χ3v) is 4.20. The molecule has 2 aromatic heterocycles. The smallest absolute Gasteiger partial charge is 0.315 e. The van der Waals surface area contributed by atoms with E-state index in [4.69, 9.17) is 9.47 Å². The molecule has 0 aliphatic carbocycles. The number of fused-ring (bicyclic) bond motifs is 1.